The lowest BCUT2D eigenvalue weighted by molar-refractivity contribution is 0.623. The molecule has 6 heteroatoms. The summed E-state index contributed by atoms with van der Waals surface area (Å²) in [4.78, 5) is 6.12. The van der Waals surface area contributed by atoms with Gasteiger partial charge in [-0.3, -0.25) is 0 Å². The summed E-state index contributed by atoms with van der Waals surface area (Å²) in [6.45, 7) is 0.580. The van der Waals surface area contributed by atoms with E-state index in [1.54, 1.807) is 29.0 Å². The highest BCUT2D eigenvalue weighted by molar-refractivity contribution is 8.13. The van der Waals surface area contributed by atoms with Crippen molar-refractivity contribution in [2.24, 2.45) is 4.99 Å². The first kappa shape index (κ1) is 12.1. The van der Waals surface area contributed by atoms with Crippen LogP contribution in [0.4, 0.5) is 5.69 Å². The standard InChI is InChI=1S/C11H11ClN4S/c1-17-11(8-16-13-6-7-14-16)15-10-4-2-9(12)3-5-10/h2-7H,8H2,1H3/b15-11+. The molecule has 1 heterocycles. The van der Waals surface area contributed by atoms with E-state index in [2.05, 4.69) is 15.2 Å². The Morgan fingerprint density at radius 2 is 1.94 bits per heavy atom. The Bertz CT molecular complexity index is 493. The molecule has 1 aromatic heterocycles. The number of aromatic nitrogens is 3. The Kier molecular flexibility index (Phi) is 4.17. The lowest BCUT2D eigenvalue weighted by atomic mass is 10.3. The smallest absolute Gasteiger partial charge is 0.109 e. The third-order valence-corrected chi connectivity index (χ3v) is 3.00. The molecular formula is C11H11ClN4S. The molecule has 0 N–H and O–H groups in total. The molecule has 88 valence electrons. The molecule has 2 aromatic rings. The third-order valence-electron chi connectivity index (χ3n) is 2.06. The molecule has 0 aliphatic rings. The highest BCUT2D eigenvalue weighted by Gasteiger charge is 2.01. The van der Waals surface area contributed by atoms with Gasteiger partial charge in [-0.25, -0.2) is 4.99 Å². The van der Waals surface area contributed by atoms with Gasteiger partial charge in [-0.15, -0.1) is 11.8 Å². The normalized spacial score (nSPS) is 11.8. The van der Waals surface area contributed by atoms with E-state index >= 15 is 0 Å². The van der Waals surface area contributed by atoms with Crippen molar-refractivity contribution >= 4 is 34.1 Å². The van der Waals surface area contributed by atoms with Crippen molar-refractivity contribution in [2.75, 3.05) is 6.26 Å². The van der Waals surface area contributed by atoms with Crippen LogP contribution in [0.15, 0.2) is 41.7 Å². The van der Waals surface area contributed by atoms with Crippen LogP contribution in [0.3, 0.4) is 0 Å². The summed E-state index contributed by atoms with van der Waals surface area (Å²) < 4.78 is 0. The first-order chi connectivity index (χ1) is 8.28. The van der Waals surface area contributed by atoms with Gasteiger partial charge in [0.05, 0.1) is 23.1 Å². The van der Waals surface area contributed by atoms with Gasteiger partial charge in [0, 0.05) is 5.02 Å². The molecule has 0 saturated carbocycles. The molecule has 0 aliphatic heterocycles. The highest BCUT2D eigenvalue weighted by atomic mass is 35.5. The topological polar surface area (TPSA) is 43.1 Å². The SMILES string of the molecule is CS/C(Cn1nccn1)=N/c1ccc(Cl)cc1. The van der Waals surface area contributed by atoms with Crippen LogP contribution in [-0.2, 0) is 6.54 Å². The van der Waals surface area contributed by atoms with E-state index < -0.39 is 0 Å². The lowest BCUT2D eigenvalue weighted by Crippen LogP contribution is -2.09. The van der Waals surface area contributed by atoms with Crippen LogP contribution in [0.2, 0.25) is 5.02 Å². The minimum atomic E-state index is 0.580. The van der Waals surface area contributed by atoms with Gasteiger partial charge >= 0.3 is 0 Å². The van der Waals surface area contributed by atoms with Crippen LogP contribution >= 0.6 is 23.4 Å². The van der Waals surface area contributed by atoms with E-state index in [4.69, 9.17) is 11.6 Å². The summed E-state index contributed by atoms with van der Waals surface area (Å²) in [6, 6.07) is 7.42. The second kappa shape index (κ2) is 5.84. The molecule has 0 amide bonds. The summed E-state index contributed by atoms with van der Waals surface area (Å²) in [5.41, 5.74) is 0.880. The minimum absolute atomic E-state index is 0.580. The summed E-state index contributed by atoms with van der Waals surface area (Å²) in [5, 5.41) is 9.76. The number of thioether (sulfide) groups is 1. The van der Waals surface area contributed by atoms with Crippen molar-refractivity contribution in [3.05, 3.63) is 41.7 Å². The van der Waals surface area contributed by atoms with Crippen molar-refractivity contribution < 1.29 is 0 Å². The molecule has 2 rings (SSSR count). The van der Waals surface area contributed by atoms with Crippen molar-refractivity contribution in [1.29, 1.82) is 0 Å². The van der Waals surface area contributed by atoms with Crippen molar-refractivity contribution in [3.8, 4) is 0 Å². The number of nitrogens with zero attached hydrogens (tertiary/aromatic N) is 4. The Balaban J connectivity index is 2.14. The van der Waals surface area contributed by atoms with E-state index in [0.29, 0.717) is 11.6 Å². The Morgan fingerprint density at radius 3 is 2.53 bits per heavy atom. The quantitative estimate of drug-likeness (QED) is 0.634. The monoisotopic (exact) mass is 266 g/mol. The molecule has 0 fully saturated rings. The zero-order valence-corrected chi connectivity index (χ0v) is 10.8. The van der Waals surface area contributed by atoms with Crippen molar-refractivity contribution in [2.45, 2.75) is 6.54 Å². The average molecular weight is 267 g/mol. The number of hydrogen-bond donors (Lipinski definition) is 0. The molecule has 0 radical (unpaired) electrons. The Labute approximate surface area is 109 Å². The number of rotatable bonds is 3. The van der Waals surface area contributed by atoms with Gasteiger partial charge in [-0.05, 0) is 30.5 Å². The minimum Gasteiger partial charge on any atom is -0.245 e. The number of halogens is 1. The fraction of sp³-hybridized carbons (Fsp3) is 0.182. The van der Waals surface area contributed by atoms with Crippen LogP contribution < -0.4 is 0 Å². The maximum Gasteiger partial charge on any atom is 0.109 e. The largest absolute Gasteiger partial charge is 0.245 e. The average Bonchev–Trinajstić information content (AvgIpc) is 2.84. The van der Waals surface area contributed by atoms with Gasteiger partial charge in [-0.1, -0.05) is 11.6 Å². The van der Waals surface area contributed by atoms with Crippen LogP contribution in [-0.4, -0.2) is 26.3 Å². The molecule has 0 unspecified atom stereocenters. The van der Waals surface area contributed by atoms with E-state index in [-0.39, 0.29) is 0 Å². The number of aliphatic imine (C=N–C) groups is 1. The van der Waals surface area contributed by atoms with Crippen LogP contribution in [0.5, 0.6) is 0 Å². The fourth-order valence-electron chi connectivity index (χ4n) is 1.25. The second-order valence-corrected chi connectivity index (χ2v) is 4.56. The first-order valence-electron chi connectivity index (χ1n) is 4.99. The predicted molar refractivity (Wildman–Crippen MR) is 72.1 cm³/mol. The highest BCUT2D eigenvalue weighted by Crippen LogP contribution is 2.18. The van der Waals surface area contributed by atoms with E-state index in [0.717, 1.165) is 10.7 Å². The van der Waals surface area contributed by atoms with Gasteiger partial charge < -0.3 is 0 Å². The zero-order chi connectivity index (χ0) is 12.1. The molecule has 0 spiro atoms. The Hall–Kier alpha value is -1.33. The lowest BCUT2D eigenvalue weighted by Gasteiger charge is -2.02. The number of hydrogen-bond acceptors (Lipinski definition) is 4. The molecular weight excluding hydrogens is 256 g/mol. The van der Waals surface area contributed by atoms with Gasteiger partial charge in [0.15, 0.2) is 0 Å². The maximum atomic E-state index is 5.82. The van der Waals surface area contributed by atoms with Crippen LogP contribution in [0, 0.1) is 0 Å². The van der Waals surface area contributed by atoms with Crippen molar-refractivity contribution in [3.63, 3.8) is 0 Å². The van der Waals surface area contributed by atoms with Gasteiger partial charge in [0.2, 0.25) is 0 Å². The summed E-state index contributed by atoms with van der Waals surface area (Å²) in [7, 11) is 0. The van der Waals surface area contributed by atoms with E-state index in [1.165, 1.54) is 0 Å². The summed E-state index contributed by atoms with van der Waals surface area (Å²) in [5.74, 6) is 0. The molecule has 17 heavy (non-hydrogen) atoms. The molecule has 1 aromatic carbocycles. The second-order valence-electron chi connectivity index (χ2n) is 3.25. The van der Waals surface area contributed by atoms with Gasteiger partial charge in [-0.2, -0.15) is 15.0 Å². The van der Waals surface area contributed by atoms with Crippen LogP contribution in [0.1, 0.15) is 0 Å². The zero-order valence-electron chi connectivity index (χ0n) is 9.25. The van der Waals surface area contributed by atoms with E-state index in [9.17, 15) is 0 Å². The third kappa shape index (κ3) is 3.57. The molecule has 0 saturated heterocycles. The van der Waals surface area contributed by atoms with Crippen molar-refractivity contribution in [1.82, 2.24) is 15.0 Å². The first-order valence-corrected chi connectivity index (χ1v) is 6.59. The van der Waals surface area contributed by atoms with E-state index in [1.807, 2.05) is 30.5 Å². The number of benzene rings is 1. The van der Waals surface area contributed by atoms with Gasteiger partial charge in [0.25, 0.3) is 0 Å². The maximum absolute atomic E-state index is 5.82. The molecule has 0 bridgehead atoms. The Morgan fingerprint density at radius 1 is 1.29 bits per heavy atom. The molecule has 4 nitrogen and oxygen atoms in total. The van der Waals surface area contributed by atoms with Gasteiger partial charge in [0.1, 0.15) is 6.54 Å². The summed E-state index contributed by atoms with van der Waals surface area (Å²) >= 11 is 7.40. The predicted octanol–water partition coefficient (Wildman–Crippen LogP) is 3.02. The van der Waals surface area contributed by atoms with Crippen LogP contribution in [0.25, 0.3) is 0 Å². The molecule has 0 atom stereocenters. The fourth-order valence-corrected chi connectivity index (χ4v) is 1.82. The molecule has 0 aliphatic carbocycles. The summed E-state index contributed by atoms with van der Waals surface area (Å²) in [6.07, 6.45) is 5.29.